The topological polar surface area (TPSA) is 237 Å². The summed E-state index contributed by atoms with van der Waals surface area (Å²) in [6.45, 7) is 9.58. The number of carbonyl (C=O) groups excluding carboxylic acids is 4. The minimum atomic E-state index is -4.96. The molecule has 0 aromatic heterocycles. The highest BCUT2D eigenvalue weighted by atomic mass is 31.2. The van der Waals surface area contributed by atoms with Crippen LogP contribution in [0.4, 0.5) is 0 Å². The van der Waals surface area contributed by atoms with Gasteiger partial charge in [0.2, 0.25) is 0 Å². The first-order valence-electron chi connectivity index (χ1n) is 39.0. The molecule has 6 atom stereocenters. The molecule has 17 nitrogen and oxygen atoms in total. The average Bonchev–Trinajstić information content (AvgIpc) is 1.21. The summed E-state index contributed by atoms with van der Waals surface area (Å²) in [4.78, 5) is 72.7. The molecule has 0 aliphatic carbocycles. The van der Waals surface area contributed by atoms with Crippen LogP contribution in [0, 0.1) is 11.8 Å². The highest BCUT2D eigenvalue weighted by molar-refractivity contribution is 7.47. The molecule has 558 valence electrons. The Hall–Kier alpha value is -1.94. The summed E-state index contributed by atoms with van der Waals surface area (Å²) in [6, 6.07) is 0. The third-order valence-corrected chi connectivity index (χ3v) is 19.7. The fourth-order valence-corrected chi connectivity index (χ4v) is 13.0. The van der Waals surface area contributed by atoms with Gasteiger partial charge in [0.05, 0.1) is 26.4 Å². The number of phosphoric ester groups is 2. The molecule has 0 saturated carbocycles. The minimum absolute atomic E-state index is 0.106. The van der Waals surface area contributed by atoms with Gasteiger partial charge in [-0.05, 0) is 37.5 Å². The number of rotatable bonds is 74. The van der Waals surface area contributed by atoms with Crippen LogP contribution in [-0.2, 0) is 65.4 Å². The molecule has 0 aliphatic heterocycles. The molecular weight excluding hydrogens is 1230 g/mol. The number of phosphoric acid groups is 2. The number of esters is 4. The van der Waals surface area contributed by atoms with E-state index in [2.05, 4.69) is 41.5 Å². The van der Waals surface area contributed by atoms with Gasteiger partial charge in [-0.1, -0.05) is 337 Å². The van der Waals surface area contributed by atoms with Crippen molar-refractivity contribution < 1.29 is 80.2 Å². The van der Waals surface area contributed by atoms with Gasteiger partial charge in [0.1, 0.15) is 19.3 Å². The van der Waals surface area contributed by atoms with Gasteiger partial charge in [-0.3, -0.25) is 37.3 Å². The van der Waals surface area contributed by atoms with Gasteiger partial charge in [-0.25, -0.2) is 9.13 Å². The van der Waals surface area contributed by atoms with Crippen LogP contribution in [0.3, 0.4) is 0 Å². The molecule has 0 saturated heterocycles. The van der Waals surface area contributed by atoms with E-state index in [0.717, 1.165) is 108 Å². The molecule has 19 heteroatoms. The predicted molar refractivity (Wildman–Crippen MR) is 381 cm³/mol. The largest absolute Gasteiger partial charge is 0.472 e. The number of aliphatic hydroxyl groups is 1. The van der Waals surface area contributed by atoms with Crippen LogP contribution < -0.4 is 0 Å². The molecule has 94 heavy (non-hydrogen) atoms. The summed E-state index contributed by atoms with van der Waals surface area (Å²) in [6.07, 6.45) is 54.1. The van der Waals surface area contributed by atoms with Gasteiger partial charge in [0.25, 0.3) is 0 Å². The molecule has 3 unspecified atom stereocenters. The number of unbranched alkanes of at least 4 members (excludes halogenated alkanes) is 43. The molecule has 0 radical (unpaired) electrons. The van der Waals surface area contributed by atoms with Crippen LogP contribution in [0.15, 0.2) is 0 Å². The van der Waals surface area contributed by atoms with E-state index in [0.29, 0.717) is 25.7 Å². The molecule has 0 fully saturated rings. The minimum Gasteiger partial charge on any atom is -0.462 e. The monoisotopic (exact) mass is 1380 g/mol. The van der Waals surface area contributed by atoms with Gasteiger partial charge in [0, 0.05) is 25.7 Å². The van der Waals surface area contributed by atoms with Crippen LogP contribution >= 0.6 is 15.6 Å². The Morgan fingerprint density at radius 2 is 0.543 bits per heavy atom. The lowest BCUT2D eigenvalue weighted by atomic mass is 9.99. The number of hydrogen-bond acceptors (Lipinski definition) is 15. The van der Waals surface area contributed by atoms with Crippen LogP contribution in [0.5, 0.6) is 0 Å². The summed E-state index contributed by atoms with van der Waals surface area (Å²) in [7, 11) is -9.91. The van der Waals surface area contributed by atoms with E-state index in [9.17, 15) is 43.2 Å². The molecule has 3 N–H and O–H groups in total. The summed E-state index contributed by atoms with van der Waals surface area (Å²) in [5.41, 5.74) is 0. The highest BCUT2D eigenvalue weighted by Gasteiger charge is 2.30. The molecule has 0 amide bonds. The Balaban J connectivity index is 5.21. The number of carbonyl (C=O) groups is 4. The standard InChI is InChI=1S/C75H146O17P2/c1-7-10-12-14-16-18-19-20-21-22-23-24-25-26-27-35-41-47-53-59-74(79)92-71(64-86-73(78)58-52-46-40-34-31-29-33-38-44-50-56-68(6)9-3)66-90-94(83,84)88-62-69(76)61-87-93(81,82)89-65-70(63-85-72(77)57-51-45-39-17-15-13-11-8-2)91-75(80)60-54-48-42-36-30-28-32-37-43-49-55-67(4)5/h67-71,76H,7-66H2,1-6H3,(H,81,82)(H,83,84)/t68?,69-,70+,71+/m0/s1. The van der Waals surface area contributed by atoms with E-state index in [4.69, 9.17) is 37.0 Å². The maximum absolute atomic E-state index is 13.1. The molecule has 0 heterocycles. The van der Waals surface area contributed by atoms with Crippen molar-refractivity contribution in [2.45, 2.75) is 407 Å². The second kappa shape index (κ2) is 66.9. The third-order valence-electron chi connectivity index (χ3n) is 17.8. The van der Waals surface area contributed by atoms with Crippen molar-refractivity contribution in [3.05, 3.63) is 0 Å². The number of aliphatic hydroxyl groups excluding tert-OH is 1. The van der Waals surface area contributed by atoms with E-state index in [1.165, 1.54) is 199 Å². The van der Waals surface area contributed by atoms with Gasteiger partial charge in [-0.15, -0.1) is 0 Å². The van der Waals surface area contributed by atoms with Crippen LogP contribution in [0.2, 0.25) is 0 Å². The van der Waals surface area contributed by atoms with Gasteiger partial charge >= 0.3 is 39.5 Å². The molecule has 0 aromatic carbocycles. The second-order valence-electron chi connectivity index (χ2n) is 27.8. The van der Waals surface area contributed by atoms with Crippen molar-refractivity contribution in [2.24, 2.45) is 11.8 Å². The van der Waals surface area contributed by atoms with Gasteiger partial charge < -0.3 is 33.8 Å². The van der Waals surface area contributed by atoms with Crippen molar-refractivity contribution in [3.63, 3.8) is 0 Å². The van der Waals surface area contributed by atoms with Gasteiger partial charge in [0.15, 0.2) is 12.2 Å². The van der Waals surface area contributed by atoms with E-state index in [1.54, 1.807) is 0 Å². The van der Waals surface area contributed by atoms with E-state index in [-0.39, 0.29) is 25.7 Å². The predicted octanol–water partition coefficient (Wildman–Crippen LogP) is 21.9. The van der Waals surface area contributed by atoms with Crippen LogP contribution in [0.1, 0.15) is 388 Å². The van der Waals surface area contributed by atoms with E-state index >= 15 is 0 Å². The average molecular weight is 1380 g/mol. The van der Waals surface area contributed by atoms with E-state index in [1.807, 2.05) is 0 Å². The zero-order chi connectivity index (χ0) is 69.3. The second-order valence-corrected chi connectivity index (χ2v) is 30.7. The quantitative estimate of drug-likeness (QED) is 0.0222. The summed E-state index contributed by atoms with van der Waals surface area (Å²) >= 11 is 0. The lowest BCUT2D eigenvalue weighted by molar-refractivity contribution is -0.161. The first-order valence-corrected chi connectivity index (χ1v) is 42.0. The summed E-state index contributed by atoms with van der Waals surface area (Å²) in [5, 5.41) is 10.6. The van der Waals surface area contributed by atoms with Crippen molar-refractivity contribution in [1.82, 2.24) is 0 Å². The molecule has 0 spiro atoms. The molecule has 0 aromatic rings. The van der Waals surface area contributed by atoms with Crippen molar-refractivity contribution in [3.8, 4) is 0 Å². The Morgan fingerprint density at radius 3 is 0.809 bits per heavy atom. The normalized spacial score (nSPS) is 14.3. The van der Waals surface area contributed by atoms with Crippen LogP contribution in [0.25, 0.3) is 0 Å². The SMILES string of the molecule is CCCCCCCCCCCCCCCCCCCCCC(=O)O[C@H](COC(=O)CCCCCCCCCCCCC(C)CC)COP(=O)(O)OC[C@@H](O)COP(=O)(O)OC[C@@H](COC(=O)CCCCCCCCCC)OC(=O)CCCCCCCCCCCCC(C)C. The Labute approximate surface area is 575 Å². The van der Waals surface area contributed by atoms with Crippen molar-refractivity contribution in [1.29, 1.82) is 0 Å². The first kappa shape index (κ1) is 92.1. The van der Waals surface area contributed by atoms with E-state index < -0.39 is 97.5 Å². The lowest BCUT2D eigenvalue weighted by Crippen LogP contribution is -2.30. The maximum Gasteiger partial charge on any atom is 0.472 e. The highest BCUT2D eigenvalue weighted by Crippen LogP contribution is 2.45. The van der Waals surface area contributed by atoms with Crippen molar-refractivity contribution in [2.75, 3.05) is 39.6 Å². The zero-order valence-electron chi connectivity index (χ0n) is 61.3. The first-order chi connectivity index (χ1) is 45.4. The lowest BCUT2D eigenvalue weighted by Gasteiger charge is -2.21. The summed E-state index contributed by atoms with van der Waals surface area (Å²) < 4.78 is 68.4. The van der Waals surface area contributed by atoms with Gasteiger partial charge in [-0.2, -0.15) is 0 Å². The molecular formula is C75H146O17P2. The smallest absolute Gasteiger partial charge is 0.462 e. The Morgan fingerprint density at radius 1 is 0.309 bits per heavy atom. The van der Waals surface area contributed by atoms with Crippen molar-refractivity contribution >= 4 is 39.5 Å². The number of hydrogen-bond donors (Lipinski definition) is 3. The Bertz CT molecular complexity index is 1820. The Kier molecular flexibility index (Phi) is 65.5. The third kappa shape index (κ3) is 67.3. The van der Waals surface area contributed by atoms with Crippen LogP contribution in [-0.4, -0.2) is 96.7 Å². The fourth-order valence-electron chi connectivity index (χ4n) is 11.4. The maximum atomic E-state index is 13.1. The fraction of sp³-hybridized carbons (Fsp3) is 0.947. The zero-order valence-corrected chi connectivity index (χ0v) is 63.1. The molecule has 0 aliphatic rings. The molecule has 0 rings (SSSR count). The molecule has 0 bridgehead atoms. The number of ether oxygens (including phenoxy) is 4. The summed E-state index contributed by atoms with van der Waals surface area (Å²) in [5.74, 6) is -0.558.